The summed E-state index contributed by atoms with van der Waals surface area (Å²) in [7, 11) is -1.80. The van der Waals surface area contributed by atoms with Crippen LogP contribution in [-0.2, 0) is 9.22 Å². The van der Waals surface area contributed by atoms with Crippen molar-refractivity contribution in [2.45, 2.75) is 116 Å². The van der Waals surface area contributed by atoms with Crippen molar-refractivity contribution in [2.75, 3.05) is 6.61 Å². The molecule has 2 aliphatic carbocycles. The van der Waals surface area contributed by atoms with Gasteiger partial charge in [0, 0.05) is 13.0 Å². The van der Waals surface area contributed by atoms with Crippen LogP contribution in [0.1, 0.15) is 92.9 Å². The molecule has 2 fully saturated rings. The predicted molar refractivity (Wildman–Crippen MR) is 125 cm³/mol. The van der Waals surface area contributed by atoms with Gasteiger partial charge in [0.1, 0.15) is 5.78 Å². The summed E-state index contributed by atoms with van der Waals surface area (Å²) in [6.07, 6.45) is 12.3. The zero-order chi connectivity index (χ0) is 21.6. The van der Waals surface area contributed by atoms with Crippen LogP contribution in [0, 0.1) is 17.8 Å². The van der Waals surface area contributed by atoms with Crippen LogP contribution in [0.15, 0.2) is 12.2 Å². The predicted octanol–water partition coefficient (Wildman–Crippen LogP) is 6.66. The van der Waals surface area contributed by atoms with Gasteiger partial charge in [-0.1, -0.05) is 73.0 Å². The van der Waals surface area contributed by atoms with Crippen molar-refractivity contribution in [3.8, 4) is 0 Å². The van der Waals surface area contributed by atoms with Gasteiger partial charge in [0.05, 0.1) is 12.0 Å². The molecule has 0 heterocycles. The maximum absolute atomic E-state index is 12.5. The van der Waals surface area contributed by atoms with Crippen LogP contribution in [0.5, 0.6) is 0 Å². The second-order valence-corrected chi connectivity index (χ2v) is 15.9. The number of ketones is 1. The number of Topliss-reactive ketones (excluding diaryl/α,β-unsaturated/α-hetero) is 1. The van der Waals surface area contributed by atoms with E-state index in [1.54, 1.807) is 0 Å². The van der Waals surface area contributed by atoms with Crippen LogP contribution >= 0.6 is 0 Å². The highest BCUT2D eigenvalue weighted by Gasteiger charge is 2.45. The lowest BCUT2D eigenvalue weighted by Crippen LogP contribution is -2.47. The number of aliphatic hydroxyl groups excluding tert-OH is 1. The van der Waals surface area contributed by atoms with Crippen LogP contribution in [0.2, 0.25) is 16.6 Å². The largest absolute Gasteiger partial charge is 0.416 e. The normalized spacial score (nSPS) is 25.8. The molecule has 2 rings (SSSR count). The van der Waals surface area contributed by atoms with E-state index in [1.807, 2.05) is 0 Å². The fourth-order valence-corrected chi connectivity index (χ4v) is 11.9. The van der Waals surface area contributed by atoms with Gasteiger partial charge in [-0.05, 0) is 54.1 Å². The van der Waals surface area contributed by atoms with Crippen molar-refractivity contribution >= 4 is 14.1 Å². The molecule has 0 bridgehead atoms. The van der Waals surface area contributed by atoms with E-state index >= 15 is 0 Å². The van der Waals surface area contributed by atoms with Gasteiger partial charge in [0.25, 0.3) is 0 Å². The quantitative estimate of drug-likeness (QED) is 0.243. The van der Waals surface area contributed by atoms with E-state index in [4.69, 9.17) is 4.43 Å². The number of hydrogen-bond donors (Lipinski definition) is 1. The lowest BCUT2D eigenvalue weighted by atomic mass is 9.77. The Morgan fingerprint density at radius 2 is 1.59 bits per heavy atom. The lowest BCUT2D eigenvalue weighted by molar-refractivity contribution is -0.126. The number of rotatable bonds is 10. The summed E-state index contributed by atoms with van der Waals surface area (Å²) in [6.45, 7) is 14.7. The van der Waals surface area contributed by atoms with E-state index in [0.29, 0.717) is 29.0 Å². The number of allylic oxidation sites excluding steroid dienone is 1. The summed E-state index contributed by atoms with van der Waals surface area (Å²) in [5.74, 6) is 0.636. The van der Waals surface area contributed by atoms with E-state index < -0.39 is 14.4 Å². The van der Waals surface area contributed by atoms with Gasteiger partial charge in [-0.3, -0.25) is 4.79 Å². The van der Waals surface area contributed by atoms with Gasteiger partial charge in [0.15, 0.2) is 8.32 Å². The van der Waals surface area contributed by atoms with Gasteiger partial charge in [0.2, 0.25) is 0 Å². The zero-order valence-corrected chi connectivity index (χ0v) is 20.8. The standard InChI is InChI=1S/C25H46O3Si/c1-18(2)29(19(3)4,20(5)6)28-17-11-10-12-21-15-16-23(26)24(21)25(27)22-13-8-7-9-14-22/h10,12,18-22,24-25,27H,7-9,11,13-17H2,1-6H3/b12-10+/t21-,24-,25+/m1/s1. The third-order valence-corrected chi connectivity index (χ3v) is 13.9. The van der Waals surface area contributed by atoms with Crippen LogP contribution in [0.3, 0.4) is 0 Å². The third kappa shape index (κ3) is 5.83. The first-order valence-electron chi connectivity index (χ1n) is 12.2. The van der Waals surface area contributed by atoms with Gasteiger partial charge >= 0.3 is 0 Å². The van der Waals surface area contributed by atoms with Gasteiger partial charge in [-0.2, -0.15) is 0 Å². The second kappa shape index (κ2) is 11.2. The molecule has 0 radical (unpaired) electrons. The summed E-state index contributed by atoms with van der Waals surface area (Å²) in [6, 6.07) is 0. The third-order valence-electron chi connectivity index (χ3n) is 7.78. The number of carbonyl (C=O) groups excluding carboxylic acids is 1. The Morgan fingerprint density at radius 3 is 2.14 bits per heavy atom. The van der Waals surface area contributed by atoms with Crippen LogP contribution < -0.4 is 0 Å². The van der Waals surface area contributed by atoms with E-state index in [2.05, 4.69) is 53.7 Å². The summed E-state index contributed by atoms with van der Waals surface area (Å²) in [4.78, 5) is 12.5. The zero-order valence-electron chi connectivity index (χ0n) is 19.8. The van der Waals surface area contributed by atoms with E-state index in [1.165, 1.54) is 19.3 Å². The maximum atomic E-state index is 12.5. The first-order chi connectivity index (χ1) is 13.7. The monoisotopic (exact) mass is 422 g/mol. The highest BCUT2D eigenvalue weighted by atomic mass is 28.4. The number of hydrogen-bond acceptors (Lipinski definition) is 3. The highest BCUT2D eigenvalue weighted by molar-refractivity contribution is 6.77. The Bertz CT molecular complexity index is 512. The van der Waals surface area contributed by atoms with Crippen molar-refractivity contribution in [1.82, 2.24) is 0 Å². The van der Waals surface area contributed by atoms with Crippen LogP contribution in [0.25, 0.3) is 0 Å². The van der Waals surface area contributed by atoms with Crippen molar-refractivity contribution < 1.29 is 14.3 Å². The minimum atomic E-state index is -1.80. The van der Waals surface area contributed by atoms with Crippen LogP contribution in [-0.4, -0.2) is 31.9 Å². The Morgan fingerprint density at radius 1 is 1.00 bits per heavy atom. The fourth-order valence-electron chi connectivity index (χ4n) is 6.40. The molecule has 168 valence electrons. The SMILES string of the molecule is CC(C)[Si](OCC/C=C/[C@@H]1CCC(=O)[C@@H]1[C@@H](O)C1CCCCC1)(C(C)C)C(C)C. The van der Waals surface area contributed by atoms with Crippen molar-refractivity contribution in [1.29, 1.82) is 0 Å². The molecule has 0 aromatic heterocycles. The van der Waals surface area contributed by atoms with E-state index in [0.717, 1.165) is 32.3 Å². The molecule has 0 aliphatic heterocycles. The molecule has 2 aliphatic rings. The molecule has 0 spiro atoms. The van der Waals surface area contributed by atoms with Crippen molar-refractivity contribution in [3.63, 3.8) is 0 Å². The Balaban J connectivity index is 1.92. The number of carbonyl (C=O) groups is 1. The topological polar surface area (TPSA) is 46.5 Å². The molecule has 4 heteroatoms. The second-order valence-electron chi connectivity index (χ2n) is 10.5. The molecule has 3 atom stereocenters. The maximum Gasteiger partial charge on any atom is 0.200 e. The van der Waals surface area contributed by atoms with Gasteiger partial charge < -0.3 is 9.53 Å². The summed E-state index contributed by atoms with van der Waals surface area (Å²) >= 11 is 0. The molecule has 3 nitrogen and oxygen atoms in total. The summed E-state index contributed by atoms with van der Waals surface area (Å²) in [5, 5.41) is 10.9. The summed E-state index contributed by atoms with van der Waals surface area (Å²) in [5.41, 5.74) is 1.82. The average Bonchev–Trinajstić information content (AvgIpc) is 3.04. The molecule has 0 saturated heterocycles. The van der Waals surface area contributed by atoms with Crippen molar-refractivity contribution in [3.05, 3.63) is 12.2 Å². The Hall–Kier alpha value is -0.453. The first kappa shape index (κ1) is 24.8. The molecular weight excluding hydrogens is 376 g/mol. The minimum absolute atomic E-state index is 0.175. The van der Waals surface area contributed by atoms with Gasteiger partial charge in [-0.15, -0.1) is 0 Å². The van der Waals surface area contributed by atoms with Crippen LogP contribution in [0.4, 0.5) is 0 Å². The average molecular weight is 423 g/mol. The molecule has 0 amide bonds. The molecule has 0 aromatic rings. The Labute approximate surface area is 180 Å². The van der Waals surface area contributed by atoms with E-state index in [-0.39, 0.29) is 17.6 Å². The molecular formula is C25H46O3Si. The lowest BCUT2D eigenvalue weighted by Gasteiger charge is -2.42. The van der Waals surface area contributed by atoms with E-state index in [9.17, 15) is 9.90 Å². The molecule has 29 heavy (non-hydrogen) atoms. The Kier molecular flexibility index (Phi) is 9.62. The molecule has 1 N–H and O–H groups in total. The highest BCUT2D eigenvalue weighted by Crippen LogP contribution is 2.42. The van der Waals surface area contributed by atoms with Crippen molar-refractivity contribution in [2.24, 2.45) is 17.8 Å². The molecule has 0 unspecified atom stereocenters. The summed E-state index contributed by atoms with van der Waals surface area (Å²) < 4.78 is 6.64. The fraction of sp³-hybridized carbons (Fsp3) is 0.880. The smallest absolute Gasteiger partial charge is 0.200 e. The molecule has 2 saturated carbocycles. The van der Waals surface area contributed by atoms with Gasteiger partial charge in [-0.25, -0.2) is 0 Å². The minimum Gasteiger partial charge on any atom is -0.416 e. The number of aliphatic hydroxyl groups is 1. The first-order valence-corrected chi connectivity index (χ1v) is 14.4. The molecule has 0 aromatic carbocycles.